The number of hydrogen-bond donors (Lipinski definition) is 2. The lowest BCUT2D eigenvalue weighted by Gasteiger charge is -2.24. The molecule has 0 radical (unpaired) electrons. The number of amides is 2. The van der Waals surface area contributed by atoms with Gasteiger partial charge in [0.1, 0.15) is 0 Å². The number of carbonyl (C=O) groups is 2. The van der Waals surface area contributed by atoms with Crippen molar-refractivity contribution in [2.24, 2.45) is 11.8 Å². The molecule has 0 aliphatic heterocycles. The van der Waals surface area contributed by atoms with E-state index in [1.54, 1.807) is 21.0 Å². The SMILES string of the molecule is CCN(CC(=O)N(C)C)CC(C)C(=O)NN. The Kier molecular flexibility index (Phi) is 6.67. The molecule has 0 aromatic carbocycles. The lowest BCUT2D eigenvalue weighted by atomic mass is 10.1. The van der Waals surface area contributed by atoms with Gasteiger partial charge in [-0.1, -0.05) is 13.8 Å². The van der Waals surface area contributed by atoms with Gasteiger partial charge in [0, 0.05) is 26.6 Å². The molecule has 0 saturated heterocycles. The van der Waals surface area contributed by atoms with Gasteiger partial charge in [-0.2, -0.15) is 0 Å². The van der Waals surface area contributed by atoms with Crippen LogP contribution in [0.15, 0.2) is 0 Å². The Labute approximate surface area is 96.7 Å². The second-order valence-corrected chi connectivity index (χ2v) is 4.03. The molecule has 3 N–H and O–H groups in total. The maximum Gasteiger partial charge on any atom is 0.237 e. The largest absolute Gasteiger partial charge is 0.348 e. The Balaban J connectivity index is 4.20. The highest BCUT2D eigenvalue weighted by Gasteiger charge is 2.17. The highest BCUT2D eigenvalue weighted by molar-refractivity contribution is 5.79. The number of hydrazine groups is 1. The molecule has 0 saturated carbocycles. The standard InChI is InChI=1S/C10H22N4O2/c1-5-14(7-9(15)13(3)4)6-8(2)10(16)12-11/h8H,5-7,11H2,1-4H3,(H,12,16). The summed E-state index contributed by atoms with van der Waals surface area (Å²) >= 11 is 0. The van der Waals surface area contributed by atoms with Crippen molar-refractivity contribution in [3.8, 4) is 0 Å². The summed E-state index contributed by atoms with van der Waals surface area (Å²) in [6, 6.07) is 0. The lowest BCUT2D eigenvalue weighted by Crippen LogP contribution is -2.43. The molecule has 1 atom stereocenters. The zero-order valence-electron chi connectivity index (χ0n) is 10.5. The highest BCUT2D eigenvalue weighted by atomic mass is 16.2. The van der Waals surface area contributed by atoms with Crippen LogP contribution in [0.4, 0.5) is 0 Å². The van der Waals surface area contributed by atoms with Crippen LogP contribution < -0.4 is 11.3 Å². The topological polar surface area (TPSA) is 78.7 Å². The van der Waals surface area contributed by atoms with Gasteiger partial charge in [-0.05, 0) is 6.54 Å². The molecule has 0 bridgehead atoms. The van der Waals surface area contributed by atoms with Crippen LogP contribution in [0.1, 0.15) is 13.8 Å². The van der Waals surface area contributed by atoms with Crippen LogP contribution in [0.5, 0.6) is 0 Å². The van der Waals surface area contributed by atoms with Crippen LogP contribution in [-0.2, 0) is 9.59 Å². The van der Waals surface area contributed by atoms with Crippen LogP contribution in [0, 0.1) is 5.92 Å². The Morgan fingerprint density at radius 1 is 1.38 bits per heavy atom. The van der Waals surface area contributed by atoms with Crippen molar-refractivity contribution in [1.82, 2.24) is 15.2 Å². The molecular weight excluding hydrogens is 208 g/mol. The molecule has 6 nitrogen and oxygen atoms in total. The molecule has 0 aliphatic carbocycles. The molecule has 94 valence electrons. The monoisotopic (exact) mass is 230 g/mol. The predicted molar refractivity (Wildman–Crippen MR) is 62.3 cm³/mol. The first kappa shape index (κ1) is 14.9. The summed E-state index contributed by atoms with van der Waals surface area (Å²) in [5, 5.41) is 0. The van der Waals surface area contributed by atoms with Gasteiger partial charge in [-0.3, -0.25) is 19.9 Å². The third-order valence-electron chi connectivity index (χ3n) is 2.43. The number of carbonyl (C=O) groups excluding carboxylic acids is 2. The molecule has 1 unspecified atom stereocenters. The molecule has 0 aliphatic rings. The molecule has 0 aromatic heterocycles. The number of likely N-dealkylation sites (N-methyl/N-ethyl adjacent to an activating group) is 2. The van der Waals surface area contributed by atoms with Crippen molar-refractivity contribution in [2.45, 2.75) is 13.8 Å². The summed E-state index contributed by atoms with van der Waals surface area (Å²) in [6.07, 6.45) is 0. The van der Waals surface area contributed by atoms with E-state index in [4.69, 9.17) is 5.84 Å². The van der Waals surface area contributed by atoms with Crippen molar-refractivity contribution < 1.29 is 9.59 Å². The van der Waals surface area contributed by atoms with E-state index in [9.17, 15) is 9.59 Å². The number of nitrogens with zero attached hydrogens (tertiary/aromatic N) is 2. The first-order valence-electron chi connectivity index (χ1n) is 5.35. The third kappa shape index (κ3) is 5.09. The van der Waals surface area contributed by atoms with E-state index < -0.39 is 0 Å². The van der Waals surface area contributed by atoms with Gasteiger partial charge in [0.05, 0.1) is 6.54 Å². The van der Waals surface area contributed by atoms with Crippen LogP contribution in [0.2, 0.25) is 0 Å². The average Bonchev–Trinajstić information content (AvgIpc) is 2.26. The minimum atomic E-state index is -0.222. The predicted octanol–water partition coefficient (Wildman–Crippen LogP) is -0.977. The van der Waals surface area contributed by atoms with Crippen LogP contribution in [-0.4, -0.2) is 55.3 Å². The summed E-state index contributed by atoms with van der Waals surface area (Å²) in [7, 11) is 3.43. The second kappa shape index (κ2) is 7.19. The quantitative estimate of drug-likeness (QED) is 0.349. The summed E-state index contributed by atoms with van der Waals surface area (Å²) < 4.78 is 0. The maximum atomic E-state index is 11.5. The Morgan fingerprint density at radius 3 is 2.31 bits per heavy atom. The maximum absolute atomic E-state index is 11.5. The van der Waals surface area contributed by atoms with Gasteiger partial charge >= 0.3 is 0 Å². The smallest absolute Gasteiger partial charge is 0.237 e. The van der Waals surface area contributed by atoms with Gasteiger partial charge in [-0.25, -0.2) is 5.84 Å². The van der Waals surface area contributed by atoms with E-state index in [2.05, 4.69) is 5.43 Å². The molecule has 0 aromatic rings. The first-order chi connectivity index (χ1) is 7.42. The van der Waals surface area contributed by atoms with Gasteiger partial charge < -0.3 is 4.90 Å². The summed E-state index contributed by atoms with van der Waals surface area (Å²) in [5.74, 6) is 4.64. The van der Waals surface area contributed by atoms with Gasteiger partial charge in [-0.15, -0.1) is 0 Å². The molecule has 2 amide bonds. The van der Waals surface area contributed by atoms with Crippen molar-refractivity contribution in [1.29, 1.82) is 0 Å². The minimum Gasteiger partial charge on any atom is -0.348 e. The molecule has 0 rings (SSSR count). The van der Waals surface area contributed by atoms with Crippen molar-refractivity contribution in [3.63, 3.8) is 0 Å². The third-order valence-corrected chi connectivity index (χ3v) is 2.43. The average molecular weight is 230 g/mol. The molecular formula is C10H22N4O2. The summed E-state index contributed by atoms with van der Waals surface area (Å²) in [6.45, 7) is 5.31. The Bertz CT molecular complexity index is 243. The number of rotatable bonds is 6. The van der Waals surface area contributed by atoms with E-state index >= 15 is 0 Å². The molecule has 0 heterocycles. The minimum absolute atomic E-state index is 0.0298. The number of hydrogen-bond acceptors (Lipinski definition) is 4. The van der Waals surface area contributed by atoms with Crippen molar-refractivity contribution in [3.05, 3.63) is 0 Å². The Hall–Kier alpha value is -1.14. The fourth-order valence-electron chi connectivity index (χ4n) is 1.25. The molecule has 16 heavy (non-hydrogen) atoms. The van der Waals surface area contributed by atoms with Gasteiger partial charge in [0.25, 0.3) is 0 Å². The lowest BCUT2D eigenvalue weighted by molar-refractivity contribution is -0.131. The molecule has 0 spiro atoms. The van der Waals surface area contributed by atoms with Crippen molar-refractivity contribution >= 4 is 11.8 Å². The number of nitrogens with one attached hydrogen (secondary N) is 1. The van der Waals surface area contributed by atoms with Crippen LogP contribution >= 0.6 is 0 Å². The summed E-state index contributed by atoms with van der Waals surface area (Å²) in [4.78, 5) is 26.2. The normalized spacial score (nSPS) is 12.4. The van der Waals surface area contributed by atoms with E-state index in [-0.39, 0.29) is 17.7 Å². The van der Waals surface area contributed by atoms with Crippen molar-refractivity contribution in [2.75, 3.05) is 33.7 Å². The van der Waals surface area contributed by atoms with E-state index in [1.807, 2.05) is 11.8 Å². The first-order valence-corrected chi connectivity index (χ1v) is 5.35. The van der Waals surface area contributed by atoms with Crippen LogP contribution in [0.25, 0.3) is 0 Å². The fourth-order valence-corrected chi connectivity index (χ4v) is 1.25. The fraction of sp³-hybridized carbons (Fsp3) is 0.800. The zero-order chi connectivity index (χ0) is 12.7. The summed E-state index contributed by atoms with van der Waals surface area (Å²) in [5.41, 5.74) is 2.11. The molecule has 6 heteroatoms. The van der Waals surface area contributed by atoms with E-state index in [0.29, 0.717) is 13.1 Å². The Morgan fingerprint density at radius 2 is 1.94 bits per heavy atom. The van der Waals surface area contributed by atoms with Crippen LogP contribution in [0.3, 0.4) is 0 Å². The van der Waals surface area contributed by atoms with E-state index in [1.165, 1.54) is 4.90 Å². The second-order valence-electron chi connectivity index (χ2n) is 4.03. The number of nitrogens with two attached hydrogens (primary N) is 1. The zero-order valence-corrected chi connectivity index (χ0v) is 10.5. The molecule has 0 fully saturated rings. The van der Waals surface area contributed by atoms with E-state index in [0.717, 1.165) is 6.54 Å². The van der Waals surface area contributed by atoms with Gasteiger partial charge in [0.2, 0.25) is 11.8 Å². The van der Waals surface area contributed by atoms with Gasteiger partial charge in [0.15, 0.2) is 0 Å². The highest BCUT2D eigenvalue weighted by Crippen LogP contribution is 2.00.